The molecule has 0 saturated carbocycles. The SMILES string of the molecule is Cc1cc(-c2cccs2)nn1CCNC(=O)[C@@H](C)Oc1ccccc1. The second-order valence-electron chi connectivity index (χ2n) is 5.74. The first-order chi connectivity index (χ1) is 12.1. The van der Waals surface area contributed by atoms with E-state index in [-0.39, 0.29) is 5.91 Å². The van der Waals surface area contributed by atoms with Crippen LogP contribution in [0.15, 0.2) is 53.9 Å². The van der Waals surface area contributed by atoms with Gasteiger partial charge in [0.25, 0.3) is 5.91 Å². The third-order valence-corrected chi connectivity index (χ3v) is 4.70. The maximum absolute atomic E-state index is 12.2. The van der Waals surface area contributed by atoms with Crippen molar-refractivity contribution in [3.8, 4) is 16.3 Å². The Balaban J connectivity index is 1.50. The van der Waals surface area contributed by atoms with Gasteiger partial charge in [0.05, 0.1) is 11.4 Å². The zero-order valence-electron chi connectivity index (χ0n) is 14.3. The van der Waals surface area contributed by atoms with E-state index < -0.39 is 6.10 Å². The predicted molar refractivity (Wildman–Crippen MR) is 99.8 cm³/mol. The Morgan fingerprint density at radius 2 is 2.08 bits per heavy atom. The molecule has 0 aliphatic carbocycles. The highest BCUT2D eigenvalue weighted by molar-refractivity contribution is 7.13. The predicted octanol–water partition coefficient (Wildman–Crippen LogP) is 3.50. The van der Waals surface area contributed by atoms with Crippen LogP contribution in [0.3, 0.4) is 0 Å². The lowest BCUT2D eigenvalue weighted by Gasteiger charge is -2.14. The number of aromatic nitrogens is 2. The van der Waals surface area contributed by atoms with Crippen LogP contribution in [0.2, 0.25) is 0 Å². The Kier molecular flexibility index (Phi) is 5.50. The number of benzene rings is 1. The molecule has 1 N–H and O–H groups in total. The van der Waals surface area contributed by atoms with Crippen LogP contribution in [0.25, 0.3) is 10.6 Å². The molecule has 0 spiro atoms. The highest BCUT2D eigenvalue weighted by Crippen LogP contribution is 2.23. The molecule has 0 saturated heterocycles. The molecule has 2 aromatic heterocycles. The molecule has 0 bridgehead atoms. The molecular weight excluding hydrogens is 334 g/mol. The molecule has 0 aliphatic heterocycles. The number of hydrogen-bond acceptors (Lipinski definition) is 4. The monoisotopic (exact) mass is 355 g/mol. The average Bonchev–Trinajstić information content (AvgIpc) is 3.26. The quantitative estimate of drug-likeness (QED) is 0.706. The number of amides is 1. The number of thiophene rings is 1. The van der Waals surface area contributed by atoms with E-state index in [1.54, 1.807) is 18.3 Å². The van der Waals surface area contributed by atoms with Crippen molar-refractivity contribution < 1.29 is 9.53 Å². The van der Waals surface area contributed by atoms with Crippen molar-refractivity contribution in [1.82, 2.24) is 15.1 Å². The van der Waals surface area contributed by atoms with E-state index >= 15 is 0 Å². The Labute approximate surface area is 151 Å². The minimum Gasteiger partial charge on any atom is -0.481 e. The van der Waals surface area contributed by atoms with Crippen molar-refractivity contribution in [2.45, 2.75) is 26.5 Å². The summed E-state index contributed by atoms with van der Waals surface area (Å²) < 4.78 is 7.54. The molecule has 1 atom stereocenters. The van der Waals surface area contributed by atoms with Crippen molar-refractivity contribution in [2.75, 3.05) is 6.54 Å². The van der Waals surface area contributed by atoms with Gasteiger partial charge in [-0.05, 0) is 43.5 Å². The summed E-state index contributed by atoms with van der Waals surface area (Å²) in [4.78, 5) is 13.3. The molecule has 1 amide bonds. The summed E-state index contributed by atoms with van der Waals surface area (Å²) in [5.41, 5.74) is 2.05. The fourth-order valence-electron chi connectivity index (χ4n) is 2.47. The molecule has 5 nitrogen and oxygen atoms in total. The number of nitrogens with zero attached hydrogens (tertiary/aromatic N) is 2. The fraction of sp³-hybridized carbons (Fsp3) is 0.263. The van der Waals surface area contributed by atoms with Gasteiger partial charge in [-0.15, -0.1) is 11.3 Å². The van der Waals surface area contributed by atoms with E-state index in [9.17, 15) is 4.79 Å². The van der Waals surface area contributed by atoms with Crippen molar-refractivity contribution >= 4 is 17.2 Å². The van der Waals surface area contributed by atoms with Gasteiger partial charge in [-0.1, -0.05) is 24.3 Å². The highest BCUT2D eigenvalue weighted by Gasteiger charge is 2.14. The Bertz CT molecular complexity index is 813. The number of carbonyl (C=O) groups excluding carboxylic acids is 1. The summed E-state index contributed by atoms with van der Waals surface area (Å²) >= 11 is 1.67. The Morgan fingerprint density at radius 3 is 2.80 bits per heavy atom. The molecule has 0 radical (unpaired) electrons. The number of rotatable bonds is 7. The lowest BCUT2D eigenvalue weighted by Crippen LogP contribution is -2.38. The third-order valence-electron chi connectivity index (χ3n) is 3.80. The van der Waals surface area contributed by atoms with E-state index in [1.807, 2.05) is 53.4 Å². The summed E-state index contributed by atoms with van der Waals surface area (Å²) in [7, 11) is 0. The smallest absolute Gasteiger partial charge is 0.260 e. The first-order valence-corrected chi connectivity index (χ1v) is 9.09. The van der Waals surface area contributed by atoms with Gasteiger partial charge in [-0.2, -0.15) is 5.10 Å². The zero-order valence-corrected chi connectivity index (χ0v) is 15.1. The minimum atomic E-state index is -0.539. The number of ether oxygens (including phenoxy) is 1. The van der Waals surface area contributed by atoms with Gasteiger partial charge < -0.3 is 10.1 Å². The van der Waals surface area contributed by atoms with Crippen LogP contribution in [0.4, 0.5) is 0 Å². The summed E-state index contributed by atoms with van der Waals surface area (Å²) in [6.45, 7) is 4.90. The normalized spacial score (nSPS) is 11.9. The molecule has 6 heteroatoms. The maximum Gasteiger partial charge on any atom is 0.260 e. The van der Waals surface area contributed by atoms with E-state index in [0.29, 0.717) is 18.8 Å². The second kappa shape index (κ2) is 7.98. The van der Waals surface area contributed by atoms with Crippen LogP contribution in [-0.4, -0.2) is 28.3 Å². The number of nitrogens with one attached hydrogen (secondary N) is 1. The summed E-state index contributed by atoms with van der Waals surface area (Å²) in [5, 5.41) is 9.55. The highest BCUT2D eigenvalue weighted by atomic mass is 32.1. The fourth-order valence-corrected chi connectivity index (χ4v) is 3.15. The van der Waals surface area contributed by atoms with Crippen LogP contribution in [0.5, 0.6) is 5.75 Å². The zero-order chi connectivity index (χ0) is 17.6. The van der Waals surface area contributed by atoms with Gasteiger partial charge in [0.1, 0.15) is 11.4 Å². The standard InChI is InChI=1S/C19H21N3O2S/c1-14-13-17(18-9-6-12-25-18)21-22(14)11-10-20-19(23)15(2)24-16-7-4-3-5-8-16/h3-9,12-13,15H,10-11H2,1-2H3,(H,20,23)/t15-/m1/s1. The van der Waals surface area contributed by atoms with E-state index in [0.717, 1.165) is 16.3 Å². The van der Waals surface area contributed by atoms with E-state index in [4.69, 9.17) is 4.74 Å². The molecule has 1 aromatic carbocycles. The van der Waals surface area contributed by atoms with Gasteiger partial charge in [-0.3, -0.25) is 9.48 Å². The minimum absolute atomic E-state index is 0.132. The lowest BCUT2D eigenvalue weighted by molar-refractivity contribution is -0.127. The molecule has 3 rings (SSSR count). The molecule has 0 unspecified atom stereocenters. The van der Waals surface area contributed by atoms with Crippen LogP contribution < -0.4 is 10.1 Å². The van der Waals surface area contributed by atoms with Crippen LogP contribution in [-0.2, 0) is 11.3 Å². The topological polar surface area (TPSA) is 56.2 Å². The summed E-state index contributed by atoms with van der Waals surface area (Å²) in [6, 6.07) is 15.5. The summed E-state index contributed by atoms with van der Waals surface area (Å²) in [6.07, 6.45) is -0.539. The second-order valence-corrected chi connectivity index (χ2v) is 6.68. The maximum atomic E-state index is 12.2. The van der Waals surface area contributed by atoms with Gasteiger partial charge in [0.15, 0.2) is 6.10 Å². The van der Waals surface area contributed by atoms with Crippen LogP contribution in [0, 0.1) is 6.92 Å². The van der Waals surface area contributed by atoms with Crippen molar-refractivity contribution in [3.63, 3.8) is 0 Å². The molecule has 2 heterocycles. The number of hydrogen-bond donors (Lipinski definition) is 1. The van der Waals surface area contributed by atoms with Gasteiger partial charge in [0, 0.05) is 12.2 Å². The Hall–Kier alpha value is -2.60. The van der Waals surface area contributed by atoms with E-state index in [2.05, 4.69) is 22.5 Å². The lowest BCUT2D eigenvalue weighted by atomic mass is 10.3. The van der Waals surface area contributed by atoms with E-state index in [1.165, 1.54) is 0 Å². The summed E-state index contributed by atoms with van der Waals surface area (Å²) in [5.74, 6) is 0.556. The van der Waals surface area contributed by atoms with Crippen molar-refractivity contribution in [2.24, 2.45) is 0 Å². The molecule has 0 fully saturated rings. The molecule has 0 aliphatic rings. The van der Waals surface area contributed by atoms with Gasteiger partial charge >= 0.3 is 0 Å². The number of para-hydroxylation sites is 1. The molecule has 25 heavy (non-hydrogen) atoms. The van der Waals surface area contributed by atoms with Gasteiger partial charge in [-0.25, -0.2) is 0 Å². The largest absolute Gasteiger partial charge is 0.481 e. The first-order valence-electron chi connectivity index (χ1n) is 8.21. The van der Waals surface area contributed by atoms with Gasteiger partial charge in [0.2, 0.25) is 0 Å². The van der Waals surface area contributed by atoms with Crippen LogP contribution in [0.1, 0.15) is 12.6 Å². The Morgan fingerprint density at radius 1 is 1.28 bits per heavy atom. The molecule has 3 aromatic rings. The molecule has 130 valence electrons. The van der Waals surface area contributed by atoms with Crippen molar-refractivity contribution in [3.05, 3.63) is 59.6 Å². The third kappa shape index (κ3) is 4.48. The average molecular weight is 355 g/mol. The number of carbonyl (C=O) groups is 1. The van der Waals surface area contributed by atoms with Crippen molar-refractivity contribution in [1.29, 1.82) is 0 Å². The van der Waals surface area contributed by atoms with Crippen LogP contribution >= 0.6 is 11.3 Å². The molecular formula is C19H21N3O2S. The number of aryl methyl sites for hydroxylation is 1. The first kappa shape index (κ1) is 17.2.